The van der Waals surface area contributed by atoms with Crippen molar-refractivity contribution >= 4 is 5.78 Å². The number of nitrogens with two attached hydrogens (primary N) is 1. The predicted octanol–water partition coefficient (Wildman–Crippen LogP) is 2.86. The zero-order chi connectivity index (χ0) is 17.9. The fourth-order valence-corrected chi connectivity index (χ4v) is 2.60. The van der Waals surface area contributed by atoms with Crippen LogP contribution in [-0.4, -0.2) is 32.1 Å². The van der Waals surface area contributed by atoms with E-state index in [1.165, 1.54) is 11.1 Å². The highest BCUT2D eigenvalue weighted by molar-refractivity contribution is 5.84. The maximum atomic E-state index is 11.6. The van der Waals surface area contributed by atoms with Gasteiger partial charge in [-0.15, -0.1) is 0 Å². The highest BCUT2D eigenvalue weighted by Crippen LogP contribution is 2.16. The number of hydrogen-bond acceptors (Lipinski definition) is 4. The Bertz CT molecular complexity index is 611. The van der Waals surface area contributed by atoms with Crippen molar-refractivity contribution in [2.45, 2.75) is 25.8 Å². The Morgan fingerprint density at radius 3 is 2.12 bits per heavy atom. The van der Waals surface area contributed by atoms with E-state index in [4.69, 9.17) is 10.5 Å². The molecule has 2 aromatic carbocycles. The van der Waals surface area contributed by atoms with Crippen LogP contribution in [0.15, 0.2) is 54.6 Å². The summed E-state index contributed by atoms with van der Waals surface area (Å²) in [6.45, 7) is 5.67. The number of carbonyl (C=O) groups is 1. The highest BCUT2D eigenvalue weighted by Gasteiger charge is 2.13. The number of carbonyl (C=O) groups excluding carboxylic acids is 1. The third-order valence-electron chi connectivity index (χ3n) is 4.13. The molecule has 1 heterocycles. The number of morpholine rings is 1. The molecule has 1 atom stereocenters. The first-order chi connectivity index (χ1) is 12.2. The number of nitrogens with one attached hydrogen (secondary N) is 1. The van der Waals surface area contributed by atoms with Gasteiger partial charge in [0.1, 0.15) is 0 Å². The van der Waals surface area contributed by atoms with Gasteiger partial charge >= 0.3 is 0 Å². The Hall–Kier alpha value is -2.01. The van der Waals surface area contributed by atoms with Gasteiger partial charge in [-0.2, -0.15) is 0 Å². The molecular formula is C21H28N2O2. The van der Waals surface area contributed by atoms with Gasteiger partial charge in [0.2, 0.25) is 0 Å². The third kappa shape index (κ3) is 6.78. The summed E-state index contributed by atoms with van der Waals surface area (Å²) >= 11 is 0. The van der Waals surface area contributed by atoms with E-state index < -0.39 is 6.04 Å². The second kappa shape index (κ2) is 10.8. The van der Waals surface area contributed by atoms with Crippen molar-refractivity contribution in [2.75, 3.05) is 26.3 Å². The quantitative estimate of drug-likeness (QED) is 0.878. The van der Waals surface area contributed by atoms with E-state index in [0.29, 0.717) is 6.42 Å². The van der Waals surface area contributed by atoms with Crippen LogP contribution in [0.5, 0.6) is 0 Å². The molecule has 0 radical (unpaired) electrons. The minimum absolute atomic E-state index is 0.0795. The van der Waals surface area contributed by atoms with Gasteiger partial charge in [-0.1, -0.05) is 61.5 Å². The molecule has 0 aromatic heterocycles. The summed E-state index contributed by atoms with van der Waals surface area (Å²) in [6, 6.07) is 17.8. The number of Topliss-reactive ketones (excluding diaryl/α,β-unsaturated/α-hetero) is 1. The minimum Gasteiger partial charge on any atom is -0.379 e. The lowest BCUT2D eigenvalue weighted by Gasteiger charge is -2.10. The summed E-state index contributed by atoms with van der Waals surface area (Å²) in [7, 11) is 0. The summed E-state index contributed by atoms with van der Waals surface area (Å²) in [6.07, 6.45) is 1.38. The van der Waals surface area contributed by atoms with Gasteiger partial charge in [-0.3, -0.25) is 4.79 Å². The zero-order valence-electron chi connectivity index (χ0n) is 14.9. The van der Waals surface area contributed by atoms with Gasteiger partial charge in [0.15, 0.2) is 5.78 Å². The molecule has 0 aliphatic carbocycles. The van der Waals surface area contributed by atoms with Crippen molar-refractivity contribution < 1.29 is 9.53 Å². The fourth-order valence-electron chi connectivity index (χ4n) is 2.60. The Kier molecular flexibility index (Phi) is 8.32. The first kappa shape index (κ1) is 19.3. The fraction of sp³-hybridized carbons (Fsp3) is 0.381. The molecule has 4 heteroatoms. The van der Waals surface area contributed by atoms with E-state index in [0.717, 1.165) is 38.3 Å². The van der Waals surface area contributed by atoms with Gasteiger partial charge in [-0.05, 0) is 23.1 Å². The van der Waals surface area contributed by atoms with E-state index in [-0.39, 0.29) is 5.78 Å². The van der Waals surface area contributed by atoms with E-state index in [9.17, 15) is 4.79 Å². The molecule has 0 bridgehead atoms. The van der Waals surface area contributed by atoms with Crippen molar-refractivity contribution in [2.24, 2.45) is 5.73 Å². The van der Waals surface area contributed by atoms with Crippen LogP contribution in [0.3, 0.4) is 0 Å². The predicted molar refractivity (Wildman–Crippen MR) is 102 cm³/mol. The summed E-state index contributed by atoms with van der Waals surface area (Å²) in [4.78, 5) is 11.6. The van der Waals surface area contributed by atoms with E-state index in [2.05, 4.69) is 17.4 Å². The first-order valence-corrected chi connectivity index (χ1v) is 8.90. The van der Waals surface area contributed by atoms with Crippen LogP contribution in [0.25, 0.3) is 0 Å². The number of rotatable bonds is 5. The monoisotopic (exact) mass is 340 g/mol. The molecule has 2 aromatic rings. The van der Waals surface area contributed by atoms with Crippen LogP contribution in [0.1, 0.15) is 36.1 Å². The minimum atomic E-state index is -0.490. The number of ketones is 1. The van der Waals surface area contributed by atoms with Crippen LogP contribution in [0, 0.1) is 0 Å². The van der Waals surface area contributed by atoms with Crippen molar-refractivity contribution in [3.05, 3.63) is 71.3 Å². The summed E-state index contributed by atoms with van der Waals surface area (Å²) in [5.41, 5.74) is 9.30. The summed E-state index contributed by atoms with van der Waals surface area (Å²) in [5, 5.41) is 3.16. The van der Waals surface area contributed by atoms with Gasteiger partial charge in [0.25, 0.3) is 0 Å². The molecule has 1 unspecified atom stereocenters. The maximum Gasteiger partial charge on any atom is 0.153 e. The Morgan fingerprint density at radius 2 is 1.64 bits per heavy atom. The van der Waals surface area contributed by atoms with Gasteiger partial charge in [0.05, 0.1) is 19.3 Å². The SMILES string of the molecule is C1COCCN1.CCC(=O)C(N)c1ccc(Cc2ccccc2)cc1. The molecule has 3 N–H and O–H groups in total. The molecule has 1 aliphatic heterocycles. The highest BCUT2D eigenvalue weighted by atomic mass is 16.5. The smallest absolute Gasteiger partial charge is 0.153 e. The molecular weight excluding hydrogens is 312 g/mol. The molecule has 1 saturated heterocycles. The van der Waals surface area contributed by atoms with Gasteiger partial charge in [-0.25, -0.2) is 0 Å². The Morgan fingerprint density at radius 1 is 1.04 bits per heavy atom. The molecule has 3 rings (SSSR count). The standard InChI is InChI=1S/C17H19NO.C4H9NO/c1-2-16(19)17(18)15-10-8-14(9-11-15)12-13-6-4-3-5-7-13;1-3-6-4-2-5-1/h3-11,17H,2,12,18H2,1H3;5H,1-4H2. The lowest BCUT2D eigenvalue weighted by atomic mass is 9.98. The van der Waals surface area contributed by atoms with Crippen molar-refractivity contribution in [1.82, 2.24) is 5.32 Å². The van der Waals surface area contributed by atoms with Crippen LogP contribution in [0.2, 0.25) is 0 Å². The van der Waals surface area contributed by atoms with Crippen molar-refractivity contribution in [1.29, 1.82) is 0 Å². The lowest BCUT2D eigenvalue weighted by Crippen LogP contribution is -2.30. The largest absolute Gasteiger partial charge is 0.379 e. The van der Waals surface area contributed by atoms with Crippen molar-refractivity contribution in [3.63, 3.8) is 0 Å². The van der Waals surface area contributed by atoms with Gasteiger partial charge < -0.3 is 15.8 Å². The van der Waals surface area contributed by atoms with Crippen LogP contribution < -0.4 is 11.1 Å². The van der Waals surface area contributed by atoms with Crippen LogP contribution in [0.4, 0.5) is 0 Å². The molecule has 25 heavy (non-hydrogen) atoms. The van der Waals surface area contributed by atoms with E-state index in [1.807, 2.05) is 49.4 Å². The third-order valence-corrected chi connectivity index (χ3v) is 4.13. The normalized spacial score (nSPS) is 15.0. The lowest BCUT2D eigenvalue weighted by molar-refractivity contribution is -0.120. The van der Waals surface area contributed by atoms with Gasteiger partial charge in [0, 0.05) is 19.5 Å². The summed E-state index contributed by atoms with van der Waals surface area (Å²) in [5.74, 6) is 0.0795. The number of benzene rings is 2. The molecule has 0 amide bonds. The second-order valence-corrected chi connectivity index (χ2v) is 6.06. The Balaban J connectivity index is 0.000000316. The molecule has 1 aliphatic rings. The molecule has 1 fully saturated rings. The molecule has 4 nitrogen and oxygen atoms in total. The summed E-state index contributed by atoms with van der Waals surface area (Å²) < 4.78 is 5.01. The average molecular weight is 340 g/mol. The number of ether oxygens (including phenoxy) is 1. The molecule has 134 valence electrons. The van der Waals surface area contributed by atoms with E-state index >= 15 is 0 Å². The average Bonchev–Trinajstić information content (AvgIpc) is 2.70. The molecule has 0 spiro atoms. The number of hydrogen-bond donors (Lipinski definition) is 2. The second-order valence-electron chi connectivity index (χ2n) is 6.06. The molecule has 0 saturated carbocycles. The maximum absolute atomic E-state index is 11.6. The van der Waals surface area contributed by atoms with Crippen molar-refractivity contribution in [3.8, 4) is 0 Å². The zero-order valence-corrected chi connectivity index (χ0v) is 14.9. The Labute approximate surface area is 150 Å². The van der Waals surface area contributed by atoms with E-state index in [1.54, 1.807) is 0 Å². The first-order valence-electron chi connectivity index (χ1n) is 8.90. The van der Waals surface area contributed by atoms with Crippen LogP contribution >= 0.6 is 0 Å². The topological polar surface area (TPSA) is 64.3 Å². The van der Waals surface area contributed by atoms with Crippen LogP contribution in [-0.2, 0) is 16.0 Å².